The van der Waals surface area contributed by atoms with Crippen molar-refractivity contribution in [2.75, 3.05) is 26.2 Å². The van der Waals surface area contributed by atoms with Gasteiger partial charge >= 0.3 is 5.76 Å². The van der Waals surface area contributed by atoms with Gasteiger partial charge in [0.1, 0.15) is 0 Å². The number of aromatic nitrogens is 1. The minimum absolute atomic E-state index is 0.0515. The highest BCUT2D eigenvalue weighted by Crippen LogP contribution is 2.11. The number of carbonyl (C=O) groups is 1. The van der Waals surface area contributed by atoms with E-state index in [4.69, 9.17) is 4.42 Å². The number of para-hydroxylation sites is 2. The van der Waals surface area contributed by atoms with Crippen molar-refractivity contribution >= 4 is 17.0 Å². The summed E-state index contributed by atoms with van der Waals surface area (Å²) in [6.07, 6.45) is 0.266. The molecule has 1 aromatic heterocycles. The molecule has 0 fully saturated rings. The average molecular weight is 305 g/mol. The molecule has 2 aromatic rings. The standard InChI is InChI=1S/C16H23N3O3/c1-3-18(4-2)12-10-17-15(20)9-11-19-13-7-5-6-8-14(13)22-16(19)21/h5-8H,3-4,9-12H2,1-2H3,(H,17,20). The van der Waals surface area contributed by atoms with Crippen molar-refractivity contribution in [2.24, 2.45) is 0 Å². The molecule has 0 bridgehead atoms. The Morgan fingerprint density at radius 3 is 2.73 bits per heavy atom. The molecular weight excluding hydrogens is 282 g/mol. The molecule has 0 aliphatic rings. The molecule has 0 unspecified atom stereocenters. The Kier molecular flexibility index (Phi) is 5.77. The predicted octanol–water partition coefficient (Wildman–Crippen LogP) is 1.44. The number of carbonyl (C=O) groups excluding carboxylic acids is 1. The van der Waals surface area contributed by atoms with Crippen molar-refractivity contribution in [3.05, 3.63) is 34.8 Å². The molecule has 0 aliphatic heterocycles. The number of hydrogen-bond donors (Lipinski definition) is 1. The lowest BCUT2D eigenvalue weighted by Gasteiger charge is -2.17. The van der Waals surface area contributed by atoms with Gasteiger partial charge in [-0.2, -0.15) is 0 Å². The zero-order valence-corrected chi connectivity index (χ0v) is 13.2. The van der Waals surface area contributed by atoms with Crippen LogP contribution in [0.4, 0.5) is 0 Å². The lowest BCUT2D eigenvalue weighted by Crippen LogP contribution is -2.35. The molecule has 6 nitrogen and oxygen atoms in total. The van der Waals surface area contributed by atoms with E-state index in [1.807, 2.05) is 18.2 Å². The van der Waals surface area contributed by atoms with E-state index in [2.05, 4.69) is 24.1 Å². The maximum absolute atomic E-state index is 11.9. The Morgan fingerprint density at radius 1 is 1.27 bits per heavy atom. The van der Waals surface area contributed by atoms with Gasteiger partial charge in [-0.1, -0.05) is 26.0 Å². The average Bonchev–Trinajstić information content (AvgIpc) is 2.85. The number of nitrogens with one attached hydrogen (secondary N) is 1. The van der Waals surface area contributed by atoms with Crippen LogP contribution in [0.15, 0.2) is 33.5 Å². The Labute approximate surface area is 129 Å². The summed E-state index contributed by atoms with van der Waals surface area (Å²) >= 11 is 0. The van der Waals surface area contributed by atoms with Gasteiger partial charge < -0.3 is 14.6 Å². The van der Waals surface area contributed by atoms with Crippen LogP contribution in [0.5, 0.6) is 0 Å². The van der Waals surface area contributed by atoms with E-state index in [1.54, 1.807) is 6.07 Å². The van der Waals surface area contributed by atoms with Crippen LogP contribution in [0.2, 0.25) is 0 Å². The molecule has 0 saturated heterocycles. The zero-order chi connectivity index (χ0) is 15.9. The second kappa shape index (κ2) is 7.79. The van der Waals surface area contributed by atoms with Crippen LogP contribution in [0.1, 0.15) is 20.3 Å². The summed E-state index contributed by atoms with van der Waals surface area (Å²) in [5.41, 5.74) is 1.28. The first-order chi connectivity index (χ1) is 10.7. The number of fused-ring (bicyclic) bond motifs is 1. The molecule has 0 aliphatic carbocycles. The number of hydrogen-bond acceptors (Lipinski definition) is 4. The minimum atomic E-state index is -0.419. The summed E-state index contributed by atoms with van der Waals surface area (Å²) in [6.45, 7) is 7.94. The number of likely N-dealkylation sites (N-methyl/N-ethyl adjacent to an activating group) is 1. The summed E-state index contributed by atoms with van der Waals surface area (Å²) < 4.78 is 6.64. The van der Waals surface area contributed by atoms with Crippen molar-refractivity contribution in [1.29, 1.82) is 0 Å². The van der Waals surface area contributed by atoms with Crippen LogP contribution in [0.3, 0.4) is 0 Å². The topological polar surface area (TPSA) is 67.5 Å². The van der Waals surface area contributed by atoms with Crippen molar-refractivity contribution in [2.45, 2.75) is 26.8 Å². The molecule has 0 spiro atoms. The highest BCUT2D eigenvalue weighted by atomic mass is 16.4. The molecule has 0 saturated carbocycles. The molecule has 2 rings (SSSR count). The van der Waals surface area contributed by atoms with Crippen LogP contribution in [0.25, 0.3) is 11.1 Å². The summed E-state index contributed by atoms with van der Waals surface area (Å²) in [5, 5.41) is 2.89. The quantitative estimate of drug-likeness (QED) is 0.801. The van der Waals surface area contributed by atoms with Gasteiger partial charge in [0.25, 0.3) is 0 Å². The molecule has 1 amide bonds. The first kappa shape index (κ1) is 16.3. The fraction of sp³-hybridized carbons (Fsp3) is 0.500. The van der Waals surface area contributed by atoms with Gasteiger partial charge in [0.2, 0.25) is 5.91 Å². The Hall–Kier alpha value is -2.08. The van der Waals surface area contributed by atoms with Crippen molar-refractivity contribution in [3.63, 3.8) is 0 Å². The lowest BCUT2D eigenvalue weighted by atomic mass is 10.3. The van der Waals surface area contributed by atoms with Crippen LogP contribution < -0.4 is 11.1 Å². The van der Waals surface area contributed by atoms with Crippen molar-refractivity contribution in [1.82, 2.24) is 14.8 Å². The third-order valence-electron chi connectivity index (χ3n) is 3.78. The van der Waals surface area contributed by atoms with Gasteiger partial charge in [-0.15, -0.1) is 0 Å². The second-order valence-electron chi connectivity index (χ2n) is 5.11. The molecule has 1 heterocycles. The van der Waals surface area contributed by atoms with E-state index < -0.39 is 5.76 Å². The first-order valence-corrected chi connectivity index (χ1v) is 7.73. The highest BCUT2D eigenvalue weighted by molar-refractivity contribution is 5.76. The van der Waals surface area contributed by atoms with Gasteiger partial charge in [-0.05, 0) is 25.2 Å². The number of oxazole rings is 1. The first-order valence-electron chi connectivity index (χ1n) is 7.73. The van der Waals surface area contributed by atoms with Crippen LogP contribution in [-0.4, -0.2) is 41.6 Å². The van der Waals surface area contributed by atoms with Crippen LogP contribution in [0, 0.1) is 0 Å². The van der Waals surface area contributed by atoms with E-state index in [-0.39, 0.29) is 12.3 Å². The normalized spacial score (nSPS) is 11.2. The Morgan fingerprint density at radius 2 is 2.00 bits per heavy atom. The number of nitrogens with zero attached hydrogens (tertiary/aromatic N) is 2. The number of aryl methyl sites for hydroxylation is 1. The number of rotatable bonds is 8. The molecule has 22 heavy (non-hydrogen) atoms. The van der Waals surface area contributed by atoms with Gasteiger partial charge in [-0.3, -0.25) is 9.36 Å². The zero-order valence-electron chi connectivity index (χ0n) is 13.2. The van der Waals surface area contributed by atoms with Crippen LogP contribution >= 0.6 is 0 Å². The van der Waals surface area contributed by atoms with Gasteiger partial charge in [-0.25, -0.2) is 4.79 Å². The van der Waals surface area contributed by atoms with Crippen molar-refractivity contribution in [3.8, 4) is 0 Å². The molecular formula is C16H23N3O3. The molecule has 1 N–H and O–H groups in total. The van der Waals surface area contributed by atoms with E-state index in [0.29, 0.717) is 18.7 Å². The molecule has 0 radical (unpaired) electrons. The van der Waals surface area contributed by atoms with Gasteiger partial charge in [0, 0.05) is 26.1 Å². The predicted molar refractivity (Wildman–Crippen MR) is 85.9 cm³/mol. The summed E-state index contributed by atoms with van der Waals surface area (Å²) in [4.78, 5) is 25.9. The largest absolute Gasteiger partial charge is 0.419 e. The fourth-order valence-corrected chi connectivity index (χ4v) is 2.42. The van der Waals surface area contributed by atoms with Crippen LogP contribution in [-0.2, 0) is 11.3 Å². The summed E-state index contributed by atoms with van der Waals surface area (Å²) in [7, 11) is 0. The third-order valence-corrected chi connectivity index (χ3v) is 3.78. The lowest BCUT2D eigenvalue weighted by molar-refractivity contribution is -0.121. The Bertz CT molecular complexity index is 671. The van der Waals surface area contributed by atoms with Gasteiger partial charge in [0.15, 0.2) is 5.58 Å². The molecule has 6 heteroatoms. The molecule has 0 atom stereocenters. The third kappa shape index (κ3) is 3.98. The Balaban J connectivity index is 1.85. The summed E-state index contributed by atoms with van der Waals surface area (Å²) in [5.74, 6) is -0.471. The van der Waals surface area contributed by atoms with Gasteiger partial charge in [0.05, 0.1) is 5.52 Å². The van der Waals surface area contributed by atoms with E-state index in [0.717, 1.165) is 25.2 Å². The molecule has 120 valence electrons. The van der Waals surface area contributed by atoms with E-state index in [1.165, 1.54) is 4.57 Å². The summed E-state index contributed by atoms with van der Waals surface area (Å²) in [6, 6.07) is 7.23. The number of benzene rings is 1. The smallest absolute Gasteiger partial charge is 0.408 e. The molecule has 1 aromatic carbocycles. The fourth-order valence-electron chi connectivity index (χ4n) is 2.42. The SMILES string of the molecule is CCN(CC)CCNC(=O)CCn1c(=O)oc2ccccc21. The highest BCUT2D eigenvalue weighted by Gasteiger charge is 2.10. The van der Waals surface area contributed by atoms with Crippen molar-refractivity contribution < 1.29 is 9.21 Å². The monoisotopic (exact) mass is 305 g/mol. The second-order valence-corrected chi connectivity index (χ2v) is 5.11. The maximum atomic E-state index is 11.9. The minimum Gasteiger partial charge on any atom is -0.408 e. The number of amides is 1. The maximum Gasteiger partial charge on any atom is 0.419 e. The van der Waals surface area contributed by atoms with E-state index in [9.17, 15) is 9.59 Å². The van der Waals surface area contributed by atoms with E-state index >= 15 is 0 Å².